The molecule has 0 aliphatic heterocycles. The van der Waals surface area contributed by atoms with E-state index in [-0.39, 0.29) is 17.5 Å². The highest BCUT2D eigenvalue weighted by atomic mass is 79.9. The first-order valence-electron chi connectivity index (χ1n) is 6.70. The van der Waals surface area contributed by atoms with Gasteiger partial charge in [0.25, 0.3) is 5.69 Å². The van der Waals surface area contributed by atoms with Gasteiger partial charge in [-0.25, -0.2) is 0 Å². The van der Waals surface area contributed by atoms with Crippen LogP contribution in [0.1, 0.15) is 35.8 Å². The van der Waals surface area contributed by atoms with Crippen LogP contribution in [0, 0.1) is 10.1 Å². The van der Waals surface area contributed by atoms with Gasteiger partial charge in [0, 0.05) is 22.1 Å². The molecule has 1 atom stereocenters. The van der Waals surface area contributed by atoms with Crippen LogP contribution in [0.25, 0.3) is 0 Å². The van der Waals surface area contributed by atoms with Crippen molar-refractivity contribution in [3.63, 3.8) is 0 Å². The highest BCUT2D eigenvalue weighted by Gasteiger charge is 2.18. The Morgan fingerprint density at radius 3 is 2.41 bits per heavy atom. The van der Waals surface area contributed by atoms with Gasteiger partial charge in [0.2, 0.25) is 0 Å². The van der Waals surface area contributed by atoms with Crippen LogP contribution in [-0.2, 0) is 0 Å². The van der Waals surface area contributed by atoms with Gasteiger partial charge in [0.05, 0.1) is 4.92 Å². The van der Waals surface area contributed by atoms with Crippen molar-refractivity contribution in [1.29, 1.82) is 0 Å². The Bertz CT molecular complexity index is 714. The summed E-state index contributed by atoms with van der Waals surface area (Å²) in [6.07, 6.45) is 0. The van der Waals surface area contributed by atoms with E-state index >= 15 is 0 Å². The number of ketones is 1. The molecule has 22 heavy (non-hydrogen) atoms. The molecule has 0 spiro atoms. The molecule has 5 nitrogen and oxygen atoms in total. The number of Topliss-reactive ketones (excluding diaryl/α,β-unsaturated/α-hetero) is 1. The first kappa shape index (κ1) is 16.2. The van der Waals surface area contributed by atoms with Gasteiger partial charge in [-0.3, -0.25) is 14.9 Å². The Morgan fingerprint density at radius 1 is 1.23 bits per heavy atom. The second kappa shape index (κ2) is 6.70. The number of nitro benzene ring substituents is 1. The third-order valence-electron chi connectivity index (χ3n) is 3.34. The number of carbonyl (C=O) groups is 1. The van der Waals surface area contributed by atoms with Crippen molar-refractivity contribution in [1.82, 2.24) is 0 Å². The lowest BCUT2D eigenvalue weighted by Crippen LogP contribution is -2.09. The van der Waals surface area contributed by atoms with Crippen LogP contribution in [0.3, 0.4) is 0 Å². The van der Waals surface area contributed by atoms with Gasteiger partial charge in [-0.15, -0.1) is 0 Å². The average Bonchev–Trinajstić information content (AvgIpc) is 2.47. The van der Waals surface area contributed by atoms with Crippen LogP contribution in [0.4, 0.5) is 11.4 Å². The molecule has 0 fully saturated rings. The standard InChI is InChI=1S/C16H15BrN2O3/c1-10(12-3-6-14(17)7-4-12)18-15-8-5-13(11(2)20)9-16(15)19(21)22/h3-10,18H,1-2H3/t10-/m1/s1. The maximum absolute atomic E-state index is 11.4. The summed E-state index contributed by atoms with van der Waals surface area (Å²) in [6.45, 7) is 3.31. The highest BCUT2D eigenvalue weighted by molar-refractivity contribution is 9.10. The largest absolute Gasteiger partial charge is 0.373 e. The minimum absolute atomic E-state index is 0.100. The molecular weight excluding hydrogens is 348 g/mol. The fourth-order valence-corrected chi connectivity index (χ4v) is 2.36. The van der Waals surface area contributed by atoms with Crippen LogP contribution < -0.4 is 5.32 Å². The van der Waals surface area contributed by atoms with Crippen LogP contribution in [0.15, 0.2) is 46.9 Å². The Kier molecular flexibility index (Phi) is 4.92. The zero-order chi connectivity index (χ0) is 16.3. The van der Waals surface area contributed by atoms with Crippen LogP contribution in [0.2, 0.25) is 0 Å². The summed E-state index contributed by atoms with van der Waals surface area (Å²) in [5.74, 6) is -0.199. The Balaban J connectivity index is 2.30. The van der Waals surface area contributed by atoms with Gasteiger partial charge in [0.1, 0.15) is 5.69 Å². The van der Waals surface area contributed by atoms with Crippen molar-refractivity contribution in [2.24, 2.45) is 0 Å². The van der Waals surface area contributed by atoms with Crippen molar-refractivity contribution in [2.45, 2.75) is 19.9 Å². The minimum Gasteiger partial charge on any atom is -0.373 e. The predicted octanol–water partition coefficient (Wildman–Crippen LogP) is 4.73. The number of rotatable bonds is 5. The first-order chi connectivity index (χ1) is 10.4. The maximum Gasteiger partial charge on any atom is 0.293 e. The summed E-state index contributed by atoms with van der Waals surface area (Å²) in [4.78, 5) is 22.1. The molecule has 114 valence electrons. The number of nitrogens with zero attached hydrogens (tertiary/aromatic N) is 1. The monoisotopic (exact) mass is 362 g/mol. The Morgan fingerprint density at radius 2 is 1.86 bits per heavy atom. The second-order valence-corrected chi connectivity index (χ2v) is 5.88. The van der Waals surface area contributed by atoms with E-state index in [9.17, 15) is 14.9 Å². The smallest absolute Gasteiger partial charge is 0.293 e. The Hall–Kier alpha value is -2.21. The van der Waals surface area contributed by atoms with Gasteiger partial charge < -0.3 is 5.32 Å². The van der Waals surface area contributed by atoms with Crippen LogP contribution in [-0.4, -0.2) is 10.7 Å². The zero-order valence-electron chi connectivity index (χ0n) is 12.2. The van der Waals surface area contributed by atoms with Gasteiger partial charge in [-0.05, 0) is 43.7 Å². The molecule has 2 rings (SSSR count). The summed E-state index contributed by atoms with van der Waals surface area (Å²) in [7, 11) is 0. The maximum atomic E-state index is 11.4. The van der Waals surface area contributed by atoms with E-state index < -0.39 is 4.92 Å². The van der Waals surface area contributed by atoms with Gasteiger partial charge in [-0.2, -0.15) is 0 Å². The van der Waals surface area contributed by atoms with E-state index in [4.69, 9.17) is 0 Å². The molecule has 2 aromatic rings. The van der Waals surface area contributed by atoms with E-state index in [1.165, 1.54) is 13.0 Å². The van der Waals surface area contributed by atoms with E-state index in [1.807, 2.05) is 31.2 Å². The molecule has 6 heteroatoms. The number of hydrogen-bond donors (Lipinski definition) is 1. The fraction of sp³-hybridized carbons (Fsp3) is 0.188. The van der Waals surface area contributed by atoms with E-state index in [0.29, 0.717) is 11.3 Å². The summed E-state index contributed by atoms with van der Waals surface area (Å²) < 4.78 is 0.972. The molecule has 2 aromatic carbocycles. The second-order valence-electron chi connectivity index (χ2n) is 4.96. The molecule has 0 bridgehead atoms. The van der Waals surface area contributed by atoms with Crippen molar-refractivity contribution in [3.8, 4) is 0 Å². The first-order valence-corrected chi connectivity index (χ1v) is 7.49. The summed E-state index contributed by atoms with van der Waals surface area (Å²) in [5, 5.41) is 14.3. The van der Waals surface area contributed by atoms with Crippen molar-refractivity contribution < 1.29 is 9.72 Å². The summed E-state index contributed by atoms with van der Waals surface area (Å²) in [6, 6.07) is 12.1. The number of carbonyl (C=O) groups excluding carboxylic acids is 1. The minimum atomic E-state index is -0.483. The highest BCUT2D eigenvalue weighted by Crippen LogP contribution is 2.29. The number of hydrogen-bond acceptors (Lipinski definition) is 4. The molecule has 0 saturated heterocycles. The van der Waals surface area contributed by atoms with E-state index in [0.717, 1.165) is 10.0 Å². The molecule has 0 unspecified atom stereocenters. The molecule has 0 heterocycles. The number of anilines is 1. The summed E-state index contributed by atoms with van der Waals surface area (Å²) in [5.41, 5.74) is 1.63. The fourth-order valence-electron chi connectivity index (χ4n) is 2.09. The van der Waals surface area contributed by atoms with Crippen molar-refractivity contribution >= 4 is 33.1 Å². The molecule has 0 saturated carbocycles. The van der Waals surface area contributed by atoms with Gasteiger partial charge in [0.15, 0.2) is 5.78 Å². The summed E-state index contributed by atoms with van der Waals surface area (Å²) >= 11 is 3.37. The van der Waals surface area contributed by atoms with Crippen LogP contribution >= 0.6 is 15.9 Å². The molecule has 0 aromatic heterocycles. The Labute approximate surface area is 136 Å². The molecular formula is C16H15BrN2O3. The molecule has 0 aliphatic carbocycles. The molecule has 0 aliphatic rings. The van der Waals surface area contributed by atoms with Crippen LogP contribution in [0.5, 0.6) is 0 Å². The number of benzene rings is 2. The van der Waals surface area contributed by atoms with E-state index in [1.54, 1.807) is 12.1 Å². The van der Waals surface area contributed by atoms with E-state index in [2.05, 4.69) is 21.2 Å². The third kappa shape index (κ3) is 3.71. The lowest BCUT2D eigenvalue weighted by Gasteiger charge is -2.16. The number of nitrogens with one attached hydrogen (secondary N) is 1. The molecule has 0 amide bonds. The lowest BCUT2D eigenvalue weighted by molar-refractivity contribution is -0.384. The quantitative estimate of drug-likeness (QED) is 0.473. The third-order valence-corrected chi connectivity index (χ3v) is 3.87. The SMILES string of the molecule is CC(=O)c1ccc(N[C@H](C)c2ccc(Br)cc2)c([N+](=O)[O-])c1. The lowest BCUT2D eigenvalue weighted by atomic mass is 10.1. The topological polar surface area (TPSA) is 72.2 Å². The van der Waals surface area contributed by atoms with Crippen molar-refractivity contribution in [3.05, 3.63) is 68.2 Å². The normalized spacial score (nSPS) is 11.8. The predicted molar refractivity (Wildman–Crippen MR) is 89.3 cm³/mol. The molecule has 1 N–H and O–H groups in total. The van der Waals surface area contributed by atoms with Gasteiger partial charge in [-0.1, -0.05) is 28.1 Å². The zero-order valence-corrected chi connectivity index (χ0v) is 13.8. The van der Waals surface area contributed by atoms with Crippen molar-refractivity contribution in [2.75, 3.05) is 5.32 Å². The molecule has 0 radical (unpaired) electrons. The number of halogens is 1. The van der Waals surface area contributed by atoms with Gasteiger partial charge >= 0.3 is 0 Å². The average molecular weight is 363 g/mol. The number of nitro groups is 1.